The first-order valence-electron chi connectivity index (χ1n) is 29.4. The maximum Gasteiger partial charge on any atom is 0.276 e. The normalized spacial score (nSPS) is 17.1. The van der Waals surface area contributed by atoms with E-state index in [1.807, 2.05) is 65.8 Å². The third-order valence-corrected chi connectivity index (χ3v) is 16.5. The zero-order valence-electron chi connectivity index (χ0n) is 50.9. The van der Waals surface area contributed by atoms with Gasteiger partial charge < -0.3 is 69.9 Å². The van der Waals surface area contributed by atoms with Crippen molar-refractivity contribution < 1.29 is 66.7 Å². The Bertz CT molecular complexity index is 3180. The Morgan fingerprint density at radius 2 is 1.40 bits per heavy atom. The lowest BCUT2D eigenvalue weighted by Crippen LogP contribution is -2.59. The topological polar surface area (TPSA) is 289 Å². The van der Waals surface area contributed by atoms with Gasteiger partial charge in [0.15, 0.2) is 17.3 Å². The van der Waals surface area contributed by atoms with Gasteiger partial charge in [-0.15, -0.1) is 21.5 Å². The van der Waals surface area contributed by atoms with Crippen molar-refractivity contribution >= 4 is 81.5 Å². The summed E-state index contributed by atoms with van der Waals surface area (Å²) in [4.78, 5) is 90.8. The molecule has 6 amide bonds. The van der Waals surface area contributed by atoms with E-state index in [0.29, 0.717) is 69.5 Å². The van der Waals surface area contributed by atoms with Crippen LogP contribution in [0.2, 0.25) is 10.0 Å². The summed E-state index contributed by atoms with van der Waals surface area (Å²) in [5.41, 5.74) is 11.0. The molecule has 2 aliphatic rings. The third kappa shape index (κ3) is 20.3. The van der Waals surface area contributed by atoms with Crippen LogP contribution in [0.4, 0.5) is 15.9 Å². The van der Waals surface area contributed by atoms with Crippen molar-refractivity contribution in [3.05, 3.63) is 116 Å². The van der Waals surface area contributed by atoms with Crippen molar-refractivity contribution in [1.82, 2.24) is 40.5 Å². The van der Waals surface area contributed by atoms with Gasteiger partial charge >= 0.3 is 0 Å². The van der Waals surface area contributed by atoms with E-state index in [1.165, 1.54) is 23.1 Å². The minimum atomic E-state index is -0.954. The van der Waals surface area contributed by atoms with Gasteiger partial charge in [0.05, 0.1) is 106 Å². The molecule has 2 fully saturated rings. The standard InChI is InChI=1S/C62H79Cl2FN10O13S/c1-38-34-73(60(81)43-11-13-44(14-12-43)69-58(79)49-32-51(57(66)72-71-49)88-22-17-46-47(63)15-16-48(65)54(46)64)35-39(2)75(38)53(78)19-21-84-24-26-86-28-30-87-29-27-85-25-23-83-20-18-52(77)70-56(62(4,5)6)61(82)74-36-45(76)31-50(74)59(80)67-33-41-7-9-42(10-8-41)55-40(3)68-37-89-55/h7-16,32,37-39,45,50,56,76H,17-31,33-36H2,1-6H3,(H2,66,72)(H,67,80)(H,69,79)(H,70,77)/t38-,39+,45-,50+,56-/m1/s1. The molecule has 7 rings (SSSR count). The zero-order chi connectivity index (χ0) is 64.2. The third-order valence-electron chi connectivity index (χ3n) is 14.8. The second kappa shape index (κ2) is 33.8. The Balaban J connectivity index is 0.686. The molecule has 0 spiro atoms. The van der Waals surface area contributed by atoms with E-state index in [1.54, 1.807) is 50.9 Å². The molecule has 5 aromatic rings. The molecule has 89 heavy (non-hydrogen) atoms. The van der Waals surface area contributed by atoms with E-state index < -0.39 is 41.2 Å². The number of anilines is 2. The Morgan fingerprint density at radius 3 is 2.00 bits per heavy atom. The van der Waals surface area contributed by atoms with Gasteiger partial charge in [-0.05, 0) is 79.3 Å². The number of aryl methyl sites for hydroxylation is 1. The molecule has 0 saturated carbocycles. The first kappa shape index (κ1) is 69.5. The predicted molar refractivity (Wildman–Crippen MR) is 333 cm³/mol. The summed E-state index contributed by atoms with van der Waals surface area (Å²) in [5.74, 6) is -2.70. The van der Waals surface area contributed by atoms with Gasteiger partial charge in [-0.1, -0.05) is 68.2 Å². The number of hydrogen-bond donors (Lipinski definition) is 5. The van der Waals surface area contributed by atoms with Crippen LogP contribution in [0.3, 0.4) is 0 Å². The molecule has 23 nitrogen and oxygen atoms in total. The SMILES string of the molecule is Cc1ncsc1-c1ccc(CNC(=O)[C@@H]2C[C@@H](O)CN2C(=O)[C@@H](NC(=O)CCOCCOCCOCCOCCOCCC(=O)N2[C@H](C)CN(C(=O)c3ccc(NC(=O)c4cc(OCCc5c(Cl)ccc(F)c5Cl)c(N)nn4)cc3)C[C@@H]2C)C(C)(C)C)cc1. The fourth-order valence-electron chi connectivity index (χ4n) is 10.2. The lowest BCUT2D eigenvalue weighted by atomic mass is 9.85. The number of aliphatic hydroxyl groups is 1. The van der Waals surface area contributed by atoms with Gasteiger partial charge in [-0.25, -0.2) is 9.37 Å². The van der Waals surface area contributed by atoms with Crippen LogP contribution in [0.15, 0.2) is 72.2 Å². The lowest BCUT2D eigenvalue weighted by molar-refractivity contribution is -0.144. The number of hydrogen-bond acceptors (Lipinski definition) is 18. The van der Waals surface area contributed by atoms with Crippen LogP contribution in [-0.2, 0) is 55.8 Å². The van der Waals surface area contributed by atoms with Crippen LogP contribution in [0.5, 0.6) is 5.75 Å². The second-order valence-corrected chi connectivity index (χ2v) is 24.3. The number of likely N-dealkylation sites (tertiary alicyclic amines) is 1. The molecule has 4 heterocycles. The van der Waals surface area contributed by atoms with Crippen LogP contribution in [0.1, 0.15) is 91.5 Å². The van der Waals surface area contributed by atoms with Crippen LogP contribution in [0, 0.1) is 18.2 Å². The summed E-state index contributed by atoms with van der Waals surface area (Å²) in [5, 5.41) is 26.9. The van der Waals surface area contributed by atoms with E-state index in [-0.39, 0.29) is 135 Å². The number of nitrogens with zero attached hydrogens (tertiary/aromatic N) is 6. The maximum atomic E-state index is 14.0. The Hall–Kier alpha value is -6.94. The maximum absolute atomic E-state index is 14.0. The monoisotopic (exact) mass is 1290 g/mol. The molecular weight excluding hydrogens is 1210 g/mol. The van der Waals surface area contributed by atoms with Crippen LogP contribution in [0.25, 0.3) is 10.4 Å². The minimum Gasteiger partial charge on any atom is -0.489 e. The minimum absolute atomic E-state index is 0.000301. The summed E-state index contributed by atoms with van der Waals surface area (Å²) in [6.45, 7) is 14.9. The molecule has 2 saturated heterocycles. The number of benzene rings is 3. The van der Waals surface area contributed by atoms with E-state index in [2.05, 4.69) is 31.1 Å². The fraction of sp³-hybridized carbons (Fsp3) is 0.500. The van der Waals surface area contributed by atoms with Crippen molar-refractivity contribution in [1.29, 1.82) is 0 Å². The molecule has 482 valence electrons. The van der Waals surface area contributed by atoms with Gasteiger partial charge in [0.25, 0.3) is 11.8 Å². The molecule has 6 N–H and O–H groups in total. The number of nitrogens with two attached hydrogens (primary N) is 1. The fourth-order valence-corrected chi connectivity index (χ4v) is 11.5. The van der Waals surface area contributed by atoms with Gasteiger partial charge in [0.1, 0.15) is 17.9 Å². The zero-order valence-corrected chi connectivity index (χ0v) is 53.2. The smallest absolute Gasteiger partial charge is 0.276 e. The highest BCUT2D eigenvalue weighted by molar-refractivity contribution is 7.13. The summed E-state index contributed by atoms with van der Waals surface area (Å²) < 4.78 is 47.7. The number of thiazole rings is 1. The second-order valence-electron chi connectivity index (χ2n) is 22.6. The van der Waals surface area contributed by atoms with E-state index in [9.17, 15) is 38.3 Å². The molecule has 27 heteroatoms. The lowest BCUT2D eigenvalue weighted by Gasteiger charge is -2.44. The highest BCUT2D eigenvalue weighted by atomic mass is 35.5. The molecule has 5 atom stereocenters. The molecule has 0 radical (unpaired) electrons. The first-order valence-corrected chi connectivity index (χ1v) is 31.1. The van der Waals surface area contributed by atoms with E-state index >= 15 is 0 Å². The number of aliphatic hydroxyl groups excluding tert-OH is 1. The van der Waals surface area contributed by atoms with Crippen molar-refractivity contribution in [3.63, 3.8) is 0 Å². The number of rotatable bonds is 31. The predicted octanol–water partition coefficient (Wildman–Crippen LogP) is 6.54. The van der Waals surface area contributed by atoms with Crippen LogP contribution < -0.4 is 26.4 Å². The van der Waals surface area contributed by atoms with Crippen molar-refractivity contribution in [2.45, 2.75) is 104 Å². The number of nitrogens with one attached hydrogen (secondary N) is 3. The molecule has 2 aliphatic heterocycles. The molecule has 3 aromatic carbocycles. The number of carbonyl (C=O) groups is 6. The number of aromatic nitrogens is 3. The summed E-state index contributed by atoms with van der Waals surface area (Å²) >= 11 is 13.8. The quantitative estimate of drug-likeness (QED) is 0.0232. The van der Waals surface area contributed by atoms with Crippen molar-refractivity contribution in [2.24, 2.45) is 5.41 Å². The Morgan fingerprint density at radius 1 is 0.798 bits per heavy atom. The number of ether oxygens (including phenoxy) is 6. The number of β-amino-alcohol motifs (C(OH)–C–C–N with tert-alkyl or cyclic N) is 1. The molecule has 2 aromatic heterocycles. The van der Waals surface area contributed by atoms with Crippen LogP contribution in [-0.4, -0.2) is 193 Å². The van der Waals surface area contributed by atoms with Crippen molar-refractivity contribution in [3.8, 4) is 16.2 Å². The van der Waals surface area contributed by atoms with Gasteiger partial charge in [0.2, 0.25) is 23.6 Å². The molecule has 0 unspecified atom stereocenters. The van der Waals surface area contributed by atoms with Gasteiger partial charge in [-0.2, -0.15) is 0 Å². The highest BCUT2D eigenvalue weighted by Gasteiger charge is 2.44. The van der Waals surface area contributed by atoms with E-state index in [4.69, 9.17) is 57.4 Å². The molecule has 0 aliphatic carbocycles. The average molecular weight is 1290 g/mol. The number of amides is 6. The number of piperazine rings is 1. The van der Waals surface area contributed by atoms with Gasteiger partial charge in [0, 0.05) is 79.9 Å². The summed E-state index contributed by atoms with van der Waals surface area (Å²) in [6.07, 6.45) is -0.471. The average Bonchev–Trinajstić information content (AvgIpc) is 4.29. The number of nitrogen functional groups attached to an aromatic ring is 1. The molecular formula is C62H79Cl2FN10O13S. The summed E-state index contributed by atoms with van der Waals surface area (Å²) in [7, 11) is 0. The number of carbonyl (C=O) groups excluding carboxylic acids is 6. The summed E-state index contributed by atoms with van der Waals surface area (Å²) in [6, 6.07) is 15.8. The largest absolute Gasteiger partial charge is 0.489 e. The van der Waals surface area contributed by atoms with Crippen molar-refractivity contribution in [2.75, 3.05) is 103 Å². The van der Waals surface area contributed by atoms with Gasteiger partial charge in [-0.3, -0.25) is 28.8 Å². The highest BCUT2D eigenvalue weighted by Crippen LogP contribution is 2.31. The first-order chi connectivity index (χ1) is 42.6. The Labute approximate surface area is 531 Å². The number of halogens is 3. The van der Waals surface area contributed by atoms with E-state index in [0.717, 1.165) is 21.7 Å². The Kier molecular flexibility index (Phi) is 26.4. The van der Waals surface area contributed by atoms with Crippen LogP contribution >= 0.6 is 34.5 Å². The molecule has 0 bridgehead atoms.